The Kier molecular flexibility index (Phi) is 6.85. The van der Waals surface area contributed by atoms with Gasteiger partial charge in [-0.25, -0.2) is 8.78 Å². The molecule has 0 aromatic heterocycles. The molecule has 7 heteroatoms. The zero-order valence-electron chi connectivity index (χ0n) is 16.6. The zero-order chi connectivity index (χ0) is 21.2. The van der Waals surface area contributed by atoms with Gasteiger partial charge in [-0.15, -0.1) is 4.72 Å². The quantitative estimate of drug-likeness (QED) is 0.671. The molecule has 0 aliphatic carbocycles. The molecule has 0 saturated carbocycles. The third kappa shape index (κ3) is 5.10. The van der Waals surface area contributed by atoms with Crippen LogP contribution in [0.15, 0.2) is 30.3 Å². The molecule has 0 amide bonds. The van der Waals surface area contributed by atoms with Gasteiger partial charge in [0, 0.05) is 16.9 Å². The number of aliphatic carboxylic acids is 1. The molecule has 0 bridgehead atoms. The number of rotatable bonds is 6. The fourth-order valence-corrected chi connectivity index (χ4v) is 3.80. The number of halogens is 2. The molecule has 2 atom stereocenters. The van der Waals surface area contributed by atoms with Gasteiger partial charge in [0.1, 0.15) is 4.75 Å². The Hall–Kier alpha value is -1.96. The molecule has 0 fully saturated rings. The van der Waals surface area contributed by atoms with Crippen molar-refractivity contribution in [2.75, 3.05) is 0 Å². The number of hydrogen-bond acceptors (Lipinski definition) is 3. The van der Waals surface area contributed by atoms with Crippen LogP contribution in [0.1, 0.15) is 49.9 Å². The summed E-state index contributed by atoms with van der Waals surface area (Å²) < 4.78 is 43.5. The first-order valence-corrected chi connectivity index (χ1v) is 10.0. The molecule has 0 aliphatic heterocycles. The van der Waals surface area contributed by atoms with E-state index in [1.54, 1.807) is 20.8 Å². The first-order valence-electron chi connectivity index (χ1n) is 8.87. The second kappa shape index (κ2) is 8.59. The van der Waals surface area contributed by atoms with Crippen molar-refractivity contribution in [2.24, 2.45) is 0 Å². The summed E-state index contributed by atoms with van der Waals surface area (Å²) in [4.78, 5) is 11.3. The normalized spacial score (nSPS) is 14.0. The predicted molar refractivity (Wildman–Crippen MR) is 107 cm³/mol. The average molecular weight is 409 g/mol. The molecular formula is C21H25F2NO3S. The van der Waals surface area contributed by atoms with Gasteiger partial charge in [0.15, 0.2) is 11.6 Å². The topological polar surface area (TPSA) is 72.4 Å². The first kappa shape index (κ1) is 22.3. The molecule has 0 saturated heterocycles. The summed E-state index contributed by atoms with van der Waals surface area (Å²) in [5.74, 6) is -3.42. The van der Waals surface area contributed by atoms with Gasteiger partial charge in [-0.05, 0) is 69.0 Å². The lowest BCUT2D eigenvalue weighted by molar-refractivity contribution is -0.137. The van der Waals surface area contributed by atoms with Crippen LogP contribution in [0.25, 0.3) is 11.1 Å². The van der Waals surface area contributed by atoms with E-state index in [9.17, 15) is 23.2 Å². The van der Waals surface area contributed by atoms with Gasteiger partial charge in [-0.1, -0.05) is 18.2 Å². The lowest BCUT2D eigenvalue weighted by Gasteiger charge is -2.28. The second-order valence-corrected chi connectivity index (χ2v) is 9.78. The molecule has 2 aromatic carbocycles. The van der Waals surface area contributed by atoms with Crippen molar-refractivity contribution in [3.63, 3.8) is 0 Å². The van der Waals surface area contributed by atoms with Gasteiger partial charge in [0.25, 0.3) is 0 Å². The summed E-state index contributed by atoms with van der Waals surface area (Å²) in [6, 6.07) is 7.00. The molecule has 4 nitrogen and oxygen atoms in total. The Morgan fingerprint density at radius 3 is 2.29 bits per heavy atom. The number of carboxylic acid groups (broad SMARTS) is 1. The number of carboxylic acids is 1. The fraction of sp³-hybridized carbons (Fsp3) is 0.381. The van der Waals surface area contributed by atoms with Crippen molar-refractivity contribution in [3.8, 4) is 11.1 Å². The maximum absolute atomic E-state index is 14.6. The predicted octanol–water partition coefficient (Wildman–Crippen LogP) is 4.82. The summed E-state index contributed by atoms with van der Waals surface area (Å²) in [6.07, 6.45) is -0.533. The smallest absolute Gasteiger partial charge is 0.305 e. The lowest BCUT2D eigenvalue weighted by atomic mass is 9.92. The third-order valence-electron chi connectivity index (χ3n) is 4.39. The van der Waals surface area contributed by atoms with Crippen LogP contribution in [0.3, 0.4) is 0 Å². The molecule has 0 aliphatic rings. The van der Waals surface area contributed by atoms with E-state index >= 15 is 0 Å². The second-order valence-electron chi connectivity index (χ2n) is 7.78. The highest BCUT2D eigenvalue weighted by Gasteiger charge is 2.33. The summed E-state index contributed by atoms with van der Waals surface area (Å²) >= 11 is -1.66. The van der Waals surface area contributed by atoms with Crippen molar-refractivity contribution >= 4 is 17.3 Å². The van der Waals surface area contributed by atoms with Crippen LogP contribution in [-0.4, -0.2) is 20.4 Å². The van der Waals surface area contributed by atoms with Crippen molar-refractivity contribution in [2.45, 2.75) is 51.8 Å². The largest absolute Gasteiger partial charge is 0.598 e. The minimum absolute atomic E-state index is 0.155. The van der Waals surface area contributed by atoms with Crippen LogP contribution in [0.4, 0.5) is 8.78 Å². The van der Waals surface area contributed by atoms with E-state index in [1.165, 1.54) is 6.07 Å². The first-order chi connectivity index (χ1) is 12.9. The highest BCUT2D eigenvalue weighted by atomic mass is 32.2. The van der Waals surface area contributed by atoms with E-state index in [4.69, 9.17) is 0 Å². The molecule has 2 N–H and O–H groups in total. The van der Waals surface area contributed by atoms with Gasteiger partial charge >= 0.3 is 5.97 Å². The van der Waals surface area contributed by atoms with E-state index < -0.39 is 46.2 Å². The molecule has 0 spiro atoms. The van der Waals surface area contributed by atoms with Crippen LogP contribution >= 0.6 is 0 Å². The number of hydrogen-bond donors (Lipinski definition) is 2. The Labute approximate surface area is 167 Å². The maximum Gasteiger partial charge on any atom is 0.305 e. The van der Waals surface area contributed by atoms with Crippen LogP contribution in [0.2, 0.25) is 0 Å². The minimum Gasteiger partial charge on any atom is -0.598 e. The van der Waals surface area contributed by atoms with Crippen molar-refractivity contribution in [1.82, 2.24) is 4.72 Å². The molecular weight excluding hydrogens is 384 g/mol. The molecule has 2 aromatic rings. The van der Waals surface area contributed by atoms with E-state index in [2.05, 4.69) is 4.72 Å². The van der Waals surface area contributed by atoms with Gasteiger partial charge in [-0.3, -0.25) is 4.79 Å². The molecule has 2 unspecified atom stereocenters. The van der Waals surface area contributed by atoms with E-state index in [0.29, 0.717) is 5.56 Å². The molecule has 28 heavy (non-hydrogen) atoms. The molecule has 2 rings (SSSR count). The Morgan fingerprint density at radius 2 is 1.79 bits per heavy atom. The Bertz CT molecular complexity index is 860. The number of aryl methyl sites for hydroxylation is 2. The highest BCUT2D eigenvalue weighted by molar-refractivity contribution is 7.90. The number of carbonyl (C=O) groups is 1. The highest BCUT2D eigenvalue weighted by Crippen LogP contribution is 2.33. The minimum atomic E-state index is -1.66. The molecule has 0 heterocycles. The van der Waals surface area contributed by atoms with Crippen LogP contribution in [0.5, 0.6) is 0 Å². The summed E-state index contributed by atoms with van der Waals surface area (Å²) in [6.45, 7) is 8.85. The molecule has 0 radical (unpaired) electrons. The van der Waals surface area contributed by atoms with Gasteiger partial charge in [0.05, 0.1) is 12.5 Å². The third-order valence-corrected chi connectivity index (χ3v) is 6.00. The SMILES string of the molecule is Cc1cccc(C)c1-c1cc(F)c(F)c(C(CC(=O)O)N[S+]([O-])C(C)(C)C)c1. The summed E-state index contributed by atoms with van der Waals surface area (Å²) in [5, 5.41) is 9.24. The fourth-order valence-electron chi connectivity index (χ4n) is 2.97. The number of nitrogens with one attached hydrogen (secondary N) is 1. The van der Waals surface area contributed by atoms with Crippen molar-refractivity contribution in [3.05, 3.63) is 58.7 Å². The molecule has 152 valence electrons. The van der Waals surface area contributed by atoms with Crippen molar-refractivity contribution < 1.29 is 23.2 Å². The Balaban J connectivity index is 2.60. The lowest BCUT2D eigenvalue weighted by Crippen LogP contribution is -2.42. The van der Waals surface area contributed by atoms with Crippen LogP contribution < -0.4 is 4.72 Å². The van der Waals surface area contributed by atoms with Crippen molar-refractivity contribution in [1.29, 1.82) is 0 Å². The van der Waals surface area contributed by atoms with E-state index in [1.807, 2.05) is 32.0 Å². The van der Waals surface area contributed by atoms with Crippen LogP contribution in [0, 0.1) is 25.5 Å². The Morgan fingerprint density at radius 1 is 1.21 bits per heavy atom. The average Bonchev–Trinajstić information content (AvgIpc) is 2.55. The summed E-state index contributed by atoms with van der Waals surface area (Å²) in [7, 11) is 0. The number of benzene rings is 2. The van der Waals surface area contributed by atoms with Crippen LogP contribution in [-0.2, 0) is 16.2 Å². The summed E-state index contributed by atoms with van der Waals surface area (Å²) in [5.41, 5.74) is 2.82. The van der Waals surface area contributed by atoms with Gasteiger partial charge in [-0.2, -0.15) is 0 Å². The van der Waals surface area contributed by atoms with Gasteiger partial charge < -0.3 is 9.66 Å². The van der Waals surface area contributed by atoms with Gasteiger partial charge in [0.2, 0.25) is 0 Å². The maximum atomic E-state index is 14.6. The zero-order valence-corrected chi connectivity index (χ0v) is 17.4. The monoisotopic (exact) mass is 409 g/mol. The standard InChI is InChI=1S/C21H25F2NO3S/c1-12-7-6-8-13(2)19(12)14-9-15(20(23)16(22)10-14)17(11-18(25)26)24-28(27)21(3,4)5/h6-10,17,24H,11H2,1-5H3,(H,25,26). The van der Waals surface area contributed by atoms with E-state index in [0.717, 1.165) is 22.8 Å². The van der Waals surface area contributed by atoms with E-state index in [-0.39, 0.29) is 5.56 Å².